The number of phenols is 1. The summed E-state index contributed by atoms with van der Waals surface area (Å²) in [6.45, 7) is 2.15. The van der Waals surface area contributed by atoms with E-state index in [0.717, 1.165) is 72.5 Å². The average Bonchev–Trinajstić information content (AvgIpc) is 3.62. The summed E-state index contributed by atoms with van der Waals surface area (Å²) in [6, 6.07) is 32.0. The van der Waals surface area contributed by atoms with E-state index in [-0.39, 0.29) is 5.75 Å². The molecule has 0 aliphatic heterocycles. The number of unbranched alkanes of at least 4 members (excludes halogenated alkanes) is 1. The van der Waals surface area contributed by atoms with Crippen molar-refractivity contribution in [2.45, 2.75) is 26.2 Å². The van der Waals surface area contributed by atoms with Crippen LogP contribution in [0, 0.1) is 3.57 Å². The highest BCUT2D eigenvalue weighted by molar-refractivity contribution is 14.1. The third-order valence-electron chi connectivity index (χ3n) is 7.57. The lowest BCUT2D eigenvalue weighted by atomic mass is 10.0. The molecule has 0 saturated carbocycles. The van der Waals surface area contributed by atoms with E-state index in [4.69, 9.17) is 18.8 Å². The van der Waals surface area contributed by atoms with Crippen LogP contribution in [0.4, 0.5) is 5.69 Å². The second-order valence-electron chi connectivity index (χ2n) is 10.3. The smallest absolute Gasteiger partial charge is 0.229 e. The first kappa shape index (κ1) is 26.5. The van der Waals surface area contributed by atoms with E-state index in [1.165, 1.54) is 0 Å². The molecule has 0 spiro atoms. The summed E-state index contributed by atoms with van der Waals surface area (Å²) in [4.78, 5) is 9.77. The van der Waals surface area contributed by atoms with Crippen LogP contribution in [0.3, 0.4) is 0 Å². The van der Waals surface area contributed by atoms with Gasteiger partial charge in [-0.05, 0) is 77.4 Å². The molecule has 0 unspecified atom stereocenters. The van der Waals surface area contributed by atoms with Crippen LogP contribution in [0.1, 0.15) is 30.9 Å². The zero-order chi connectivity index (χ0) is 28.6. The van der Waals surface area contributed by atoms with Crippen LogP contribution in [-0.4, -0.2) is 16.3 Å². The molecule has 0 aliphatic carbocycles. The molecule has 0 amide bonds. The third kappa shape index (κ3) is 4.75. The molecule has 0 bridgehead atoms. The summed E-state index contributed by atoms with van der Waals surface area (Å²) < 4.78 is 13.7. The SMILES string of the molecule is CCCCc1cc(I)cc(/C=N/c2ccccc2-c2nc3c(-c4cccc5c4oc4ccccc45)cccc3o2)c1O. The van der Waals surface area contributed by atoms with Gasteiger partial charge in [-0.3, -0.25) is 4.99 Å². The zero-order valence-corrected chi connectivity index (χ0v) is 25.1. The number of benzene rings is 5. The summed E-state index contributed by atoms with van der Waals surface area (Å²) in [5.41, 5.74) is 8.16. The van der Waals surface area contributed by atoms with Gasteiger partial charge >= 0.3 is 0 Å². The maximum atomic E-state index is 10.9. The standard InChI is InChI=1S/C36H27IN2O3/c1-2-3-10-22-19-24(37)20-23(34(22)40)21-38-30-16-6-4-12-29(30)36-39-33-26(13-9-18-32(33)42-36)28-15-8-14-27-25-11-5-7-17-31(25)41-35(27)28/h4-9,11-21,40H,2-3,10H2,1H3/b38-21+. The van der Waals surface area contributed by atoms with E-state index >= 15 is 0 Å². The Hall–Kier alpha value is -4.43. The number of aryl methyl sites for hydroxylation is 1. The number of nitrogens with zero attached hydrogens (tertiary/aromatic N) is 2. The number of aromatic hydroxyl groups is 1. The number of fused-ring (bicyclic) bond motifs is 4. The number of hydrogen-bond acceptors (Lipinski definition) is 5. The lowest BCUT2D eigenvalue weighted by molar-refractivity contribution is 0.466. The van der Waals surface area contributed by atoms with E-state index in [2.05, 4.69) is 59.8 Å². The maximum Gasteiger partial charge on any atom is 0.229 e. The van der Waals surface area contributed by atoms with E-state index in [1.54, 1.807) is 6.21 Å². The van der Waals surface area contributed by atoms with Crippen LogP contribution in [-0.2, 0) is 6.42 Å². The van der Waals surface area contributed by atoms with Crippen molar-refractivity contribution >= 4 is 67.5 Å². The lowest BCUT2D eigenvalue weighted by Crippen LogP contribution is -1.93. The lowest BCUT2D eigenvalue weighted by Gasteiger charge is -2.08. The molecule has 0 radical (unpaired) electrons. The van der Waals surface area contributed by atoms with Crippen LogP contribution in [0.5, 0.6) is 5.75 Å². The van der Waals surface area contributed by atoms with Crippen molar-refractivity contribution in [1.82, 2.24) is 4.98 Å². The molecule has 2 heterocycles. The van der Waals surface area contributed by atoms with E-state index in [9.17, 15) is 5.11 Å². The molecule has 0 aliphatic rings. The Morgan fingerprint density at radius 1 is 0.810 bits per heavy atom. The Kier molecular flexibility index (Phi) is 6.99. The zero-order valence-electron chi connectivity index (χ0n) is 23.0. The summed E-state index contributed by atoms with van der Waals surface area (Å²) in [6.07, 6.45) is 4.66. The Balaban J connectivity index is 1.31. The normalized spacial score (nSPS) is 11.9. The fraction of sp³-hybridized carbons (Fsp3) is 0.111. The summed E-state index contributed by atoms with van der Waals surface area (Å²) in [7, 11) is 0. The largest absolute Gasteiger partial charge is 0.507 e. The van der Waals surface area contributed by atoms with Crippen molar-refractivity contribution in [1.29, 1.82) is 0 Å². The number of aromatic nitrogens is 1. The quantitative estimate of drug-likeness (QED) is 0.136. The summed E-state index contributed by atoms with van der Waals surface area (Å²) in [5, 5.41) is 13.1. The van der Waals surface area contributed by atoms with Gasteiger partial charge in [0.05, 0.1) is 11.3 Å². The van der Waals surface area contributed by atoms with Gasteiger partial charge in [-0.15, -0.1) is 0 Å². The van der Waals surface area contributed by atoms with Gasteiger partial charge in [0.1, 0.15) is 22.4 Å². The van der Waals surface area contributed by atoms with Crippen molar-refractivity contribution in [3.63, 3.8) is 0 Å². The molecule has 1 N–H and O–H groups in total. The maximum absolute atomic E-state index is 10.9. The molecule has 7 aromatic rings. The predicted octanol–water partition coefficient (Wildman–Crippen LogP) is 10.5. The molecule has 206 valence electrons. The fourth-order valence-corrected chi connectivity index (χ4v) is 6.19. The highest BCUT2D eigenvalue weighted by atomic mass is 127. The van der Waals surface area contributed by atoms with E-state index in [1.807, 2.05) is 66.7 Å². The summed E-state index contributed by atoms with van der Waals surface area (Å²) >= 11 is 2.29. The van der Waals surface area contributed by atoms with Crippen LogP contribution >= 0.6 is 22.6 Å². The molecular formula is C36H27IN2O3. The molecule has 7 rings (SSSR count). The topological polar surface area (TPSA) is 71.8 Å². The van der Waals surface area contributed by atoms with Gasteiger partial charge < -0.3 is 13.9 Å². The predicted molar refractivity (Wildman–Crippen MR) is 179 cm³/mol. The number of hydrogen-bond donors (Lipinski definition) is 1. The average molecular weight is 663 g/mol. The van der Waals surface area contributed by atoms with Gasteiger partial charge in [0.2, 0.25) is 5.89 Å². The Bertz CT molecular complexity index is 2120. The van der Waals surface area contributed by atoms with Crippen LogP contribution in [0.25, 0.3) is 55.6 Å². The van der Waals surface area contributed by atoms with Crippen LogP contribution in [0.2, 0.25) is 0 Å². The van der Waals surface area contributed by atoms with Crippen molar-refractivity contribution in [2.24, 2.45) is 4.99 Å². The number of para-hydroxylation sites is 4. The van der Waals surface area contributed by atoms with E-state index < -0.39 is 0 Å². The molecular weight excluding hydrogens is 635 g/mol. The Labute approximate surface area is 256 Å². The molecule has 42 heavy (non-hydrogen) atoms. The number of rotatable bonds is 7. The van der Waals surface area contributed by atoms with Crippen molar-refractivity contribution in [2.75, 3.05) is 0 Å². The van der Waals surface area contributed by atoms with Crippen molar-refractivity contribution in [3.8, 4) is 28.3 Å². The second kappa shape index (κ2) is 11.1. The van der Waals surface area contributed by atoms with Gasteiger partial charge in [0, 0.05) is 37.2 Å². The van der Waals surface area contributed by atoms with Gasteiger partial charge in [-0.2, -0.15) is 0 Å². The highest BCUT2D eigenvalue weighted by Crippen LogP contribution is 2.40. The molecule has 5 nitrogen and oxygen atoms in total. The first-order chi connectivity index (χ1) is 20.6. The van der Waals surface area contributed by atoms with Gasteiger partial charge in [0.25, 0.3) is 0 Å². The number of phenolic OH excluding ortho intramolecular Hbond substituents is 1. The second-order valence-corrected chi connectivity index (χ2v) is 11.6. The number of aliphatic imine (C=N–C) groups is 1. The molecule has 2 aromatic heterocycles. The number of halogens is 1. The van der Waals surface area contributed by atoms with Crippen molar-refractivity contribution < 1.29 is 13.9 Å². The van der Waals surface area contributed by atoms with Crippen LogP contribution < -0.4 is 0 Å². The van der Waals surface area contributed by atoms with Crippen molar-refractivity contribution in [3.05, 3.63) is 112 Å². The monoisotopic (exact) mass is 662 g/mol. The number of furan rings is 1. The first-order valence-electron chi connectivity index (χ1n) is 14.1. The molecule has 6 heteroatoms. The van der Waals surface area contributed by atoms with Gasteiger partial charge in [-0.1, -0.05) is 74.0 Å². The van der Waals surface area contributed by atoms with Gasteiger partial charge in [-0.25, -0.2) is 4.98 Å². The molecule has 0 saturated heterocycles. The van der Waals surface area contributed by atoms with Crippen LogP contribution in [0.15, 0.2) is 111 Å². The summed E-state index contributed by atoms with van der Waals surface area (Å²) in [5.74, 6) is 0.772. The van der Waals surface area contributed by atoms with Gasteiger partial charge in [0.15, 0.2) is 5.58 Å². The minimum Gasteiger partial charge on any atom is -0.507 e. The molecule has 5 aromatic carbocycles. The van der Waals surface area contributed by atoms with E-state index in [0.29, 0.717) is 22.7 Å². The molecule has 0 atom stereocenters. The first-order valence-corrected chi connectivity index (χ1v) is 15.1. The fourth-order valence-electron chi connectivity index (χ4n) is 5.48. The highest BCUT2D eigenvalue weighted by Gasteiger charge is 2.18. The third-order valence-corrected chi connectivity index (χ3v) is 8.20. The Morgan fingerprint density at radius 2 is 1.55 bits per heavy atom. The number of oxazole rings is 1. The Morgan fingerprint density at radius 3 is 2.45 bits per heavy atom. The minimum atomic E-state index is 0.288. The molecule has 0 fully saturated rings. The minimum absolute atomic E-state index is 0.288.